The molecule has 0 atom stereocenters. The van der Waals surface area contributed by atoms with E-state index in [1.807, 2.05) is 0 Å². The lowest BCUT2D eigenvalue weighted by molar-refractivity contribution is -0.454. The SMILES string of the molecule is OCCCc1cn[nH]c1C(F)(F)C(F)(F)C(F)(F)C(F)(F)C(F)(F)C(F)(F)C(F)(F)F. The molecule has 0 saturated heterocycles. The minimum atomic E-state index is -8.34. The van der Waals surface area contributed by atoms with Crippen LogP contribution in [-0.2, 0) is 12.3 Å². The highest BCUT2D eigenvalue weighted by Gasteiger charge is 2.93. The third-order valence-corrected chi connectivity index (χ3v) is 3.96. The number of nitrogens with zero attached hydrogens (tertiary/aromatic N) is 1. The average Bonchev–Trinajstić information content (AvgIpc) is 3.07. The molecule has 18 heteroatoms. The Labute approximate surface area is 161 Å². The molecule has 0 aliphatic heterocycles. The van der Waals surface area contributed by atoms with Crippen molar-refractivity contribution < 1.29 is 71.0 Å². The van der Waals surface area contributed by atoms with Gasteiger partial charge in [-0.05, 0) is 18.4 Å². The summed E-state index contributed by atoms with van der Waals surface area (Å²) in [5.41, 5.74) is -3.43. The predicted octanol–water partition coefficient (Wildman–Crippen LogP) is 5.17. The number of aromatic amines is 1. The summed E-state index contributed by atoms with van der Waals surface area (Å²) in [6.07, 6.45) is -8.65. The first-order valence-electron chi connectivity index (χ1n) is 7.52. The van der Waals surface area contributed by atoms with Crippen LogP contribution in [0, 0.1) is 0 Å². The maximum Gasteiger partial charge on any atom is 0.460 e. The lowest BCUT2D eigenvalue weighted by atomic mass is 9.89. The summed E-state index contributed by atoms with van der Waals surface area (Å²) in [4.78, 5) is 0. The molecule has 0 bridgehead atoms. The Morgan fingerprint density at radius 2 is 1.10 bits per heavy atom. The molecule has 0 aromatic carbocycles. The monoisotopic (exact) mass is 494 g/mol. The molecule has 1 rings (SSSR count). The van der Waals surface area contributed by atoms with E-state index in [9.17, 15) is 65.9 Å². The van der Waals surface area contributed by atoms with Gasteiger partial charge in [-0.3, -0.25) is 5.10 Å². The highest BCUT2D eigenvalue weighted by Crippen LogP contribution is 2.63. The second kappa shape index (κ2) is 7.61. The van der Waals surface area contributed by atoms with Gasteiger partial charge in [0.05, 0.1) is 6.20 Å². The number of H-pyrrole nitrogens is 1. The second-order valence-electron chi connectivity index (χ2n) is 6.04. The Bertz CT molecular complexity index is 767. The van der Waals surface area contributed by atoms with Gasteiger partial charge in [-0.2, -0.15) is 71.0 Å². The molecule has 0 spiro atoms. The zero-order valence-corrected chi connectivity index (χ0v) is 14.3. The maximum absolute atomic E-state index is 14.0. The van der Waals surface area contributed by atoms with Gasteiger partial charge in [-0.1, -0.05) is 0 Å². The molecule has 0 amide bonds. The molecular weight excluding hydrogens is 485 g/mol. The molecule has 0 aliphatic rings. The fourth-order valence-corrected chi connectivity index (χ4v) is 2.17. The minimum absolute atomic E-state index is 0.289. The molecule has 182 valence electrons. The van der Waals surface area contributed by atoms with Crippen molar-refractivity contribution in [3.05, 3.63) is 17.5 Å². The summed E-state index contributed by atoms with van der Waals surface area (Å²) in [6, 6.07) is 0. The molecule has 1 aromatic rings. The van der Waals surface area contributed by atoms with E-state index in [4.69, 9.17) is 5.11 Å². The van der Waals surface area contributed by atoms with Crippen LogP contribution < -0.4 is 0 Å². The highest BCUT2D eigenvalue weighted by molar-refractivity contribution is 5.26. The van der Waals surface area contributed by atoms with E-state index in [2.05, 4.69) is 5.10 Å². The largest absolute Gasteiger partial charge is 0.460 e. The lowest BCUT2D eigenvalue weighted by Gasteiger charge is -2.41. The smallest absolute Gasteiger partial charge is 0.396 e. The first-order valence-corrected chi connectivity index (χ1v) is 7.52. The Morgan fingerprint density at radius 3 is 1.52 bits per heavy atom. The zero-order valence-electron chi connectivity index (χ0n) is 14.3. The van der Waals surface area contributed by atoms with Gasteiger partial charge in [0.2, 0.25) is 0 Å². The molecule has 2 N–H and O–H groups in total. The quantitative estimate of drug-likeness (QED) is 0.466. The highest BCUT2D eigenvalue weighted by atomic mass is 19.4. The first kappa shape index (κ1) is 27.2. The first-order chi connectivity index (χ1) is 13.6. The van der Waals surface area contributed by atoms with Crippen molar-refractivity contribution in [2.75, 3.05) is 6.61 Å². The van der Waals surface area contributed by atoms with E-state index in [0.29, 0.717) is 0 Å². The number of aryl methyl sites for hydroxylation is 1. The van der Waals surface area contributed by atoms with Crippen LogP contribution in [0.3, 0.4) is 0 Å². The number of rotatable bonds is 9. The fraction of sp³-hybridized carbons (Fsp3) is 0.769. The Kier molecular flexibility index (Phi) is 6.67. The van der Waals surface area contributed by atoms with Crippen molar-refractivity contribution in [3.63, 3.8) is 0 Å². The van der Waals surface area contributed by atoms with Crippen LogP contribution in [0.15, 0.2) is 6.20 Å². The van der Waals surface area contributed by atoms with Gasteiger partial charge < -0.3 is 5.11 Å². The number of nitrogens with one attached hydrogen (secondary N) is 1. The summed E-state index contributed by atoms with van der Waals surface area (Å²) >= 11 is 0. The summed E-state index contributed by atoms with van der Waals surface area (Å²) in [6.45, 7) is -0.778. The summed E-state index contributed by atoms with van der Waals surface area (Å²) in [5.74, 6) is -47.0. The van der Waals surface area contributed by atoms with Crippen molar-refractivity contribution in [3.8, 4) is 0 Å². The molecule has 0 saturated carbocycles. The van der Waals surface area contributed by atoms with Crippen LogP contribution in [-0.4, -0.2) is 57.7 Å². The van der Waals surface area contributed by atoms with Crippen LogP contribution in [0.4, 0.5) is 65.9 Å². The van der Waals surface area contributed by atoms with Crippen molar-refractivity contribution >= 4 is 0 Å². The van der Waals surface area contributed by atoms with Gasteiger partial charge in [0.15, 0.2) is 0 Å². The zero-order chi connectivity index (χ0) is 24.9. The molecule has 0 radical (unpaired) electrons. The van der Waals surface area contributed by atoms with Gasteiger partial charge in [0, 0.05) is 6.61 Å². The van der Waals surface area contributed by atoms with E-state index in [1.54, 1.807) is 0 Å². The van der Waals surface area contributed by atoms with E-state index >= 15 is 0 Å². The number of aromatic nitrogens is 2. The molecular formula is C13H9F15N2O. The van der Waals surface area contributed by atoms with Gasteiger partial charge >= 0.3 is 41.7 Å². The van der Waals surface area contributed by atoms with Crippen molar-refractivity contribution in [1.29, 1.82) is 0 Å². The fourth-order valence-electron chi connectivity index (χ4n) is 2.17. The minimum Gasteiger partial charge on any atom is -0.396 e. The van der Waals surface area contributed by atoms with Crippen molar-refractivity contribution in [2.24, 2.45) is 0 Å². The number of aliphatic hydroxyl groups is 1. The molecule has 3 nitrogen and oxygen atoms in total. The predicted molar refractivity (Wildman–Crippen MR) is 68.7 cm³/mol. The third kappa shape index (κ3) is 3.69. The summed E-state index contributed by atoms with van der Waals surface area (Å²) < 4.78 is 198. The topological polar surface area (TPSA) is 48.9 Å². The molecule has 0 fully saturated rings. The third-order valence-electron chi connectivity index (χ3n) is 3.96. The van der Waals surface area contributed by atoms with Gasteiger partial charge in [0.25, 0.3) is 0 Å². The number of alkyl halides is 15. The summed E-state index contributed by atoms with van der Waals surface area (Å²) in [5, 5.41) is 12.3. The van der Waals surface area contributed by atoms with Crippen LogP contribution in [0.1, 0.15) is 17.7 Å². The van der Waals surface area contributed by atoms with Crippen LogP contribution in [0.5, 0.6) is 0 Å². The van der Waals surface area contributed by atoms with Crippen LogP contribution >= 0.6 is 0 Å². The maximum atomic E-state index is 14.0. The van der Waals surface area contributed by atoms with E-state index in [-0.39, 0.29) is 6.20 Å². The van der Waals surface area contributed by atoms with Crippen molar-refractivity contribution in [2.45, 2.75) is 54.6 Å². The van der Waals surface area contributed by atoms with Gasteiger partial charge in [-0.25, -0.2) is 0 Å². The van der Waals surface area contributed by atoms with Crippen LogP contribution in [0.25, 0.3) is 0 Å². The number of halogens is 15. The summed E-state index contributed by atoms with van der Waals surface area (Å²) in [7, 11) is 0. The standard InChI is InChI=1S/C13H9F15N2O/c14-7(15,6-5(2-1-3-31)4-29-30-6)8(16,17)9(18,19)10(20,21)11(22,23)12(24,25)13(26,27)28/h4,31H,1-3H2,(H,29,30). The second-order valence-corrected chi connectivity index (χ2v) is 6.04. The number of aliphatic hydroxyl groups excluding tert-OH is 1. The Morgan fingerprint density at radius 1 is 0.677 bits per heavy atom. The lowest BCUT2D eigenvalue weighted by Crippen LogP contribution is -2.72. The molecule has 31 heavy (non-hydrogen) atoms. The van der Waals surface area contributed by atoms with E-state index < -0.39 is 72.4 Å². The molecule has 1 aromatic heterocycles. The number of hydrogen-bond acceptors (Lipinski definition) is 2. The number of hydrogen-bond donors (Lipinski definition) is 2. The molecule has 0 unspecified atom stereocenters. The Balaban J connectivity index is 3.61. The molecule has 0 aliphatic carbocycles. The van der Waals surface area contributed by atoms with Gasteiger partial charge in [0.1, 0.15) is 5.69 Å². The van der Waals surface area contributed by atoms with E-state index in [0.717, 1.165) is 5.10 Å². The molecule has 1 heterocycles. The van der Waals surface area contributed by atoms with E-state index in [1.165, 1.54) is 0 Å². The van der Waals surface area contributed by atoms with Crippen LogP contribution in [0.2, 0.25) is 0 Å². The normalized spacial score (nSPS) is 15.5. The Hall–Kier alpha value is -1.88. The van der Waals surface area contributed by atoms with Gasteiger partial charge in [-0.15, -0.1) is 0 Å². The van der Waals surface area contributed by atoms with Crippen molar-refractivity contribution in [1.82, 2.24) is 10.2 Å². The average molecular weight is 494 g/mol.